The summed E-state index contributed by atoms with van der Waals surface area (Å²) in [5, 5.41) is 31.3. The molecule has 0 aliphatic rings. The maximum absolute atomic E-state index is 12.0. The van der Waals surface area contributed by atoms with Crippen molar-refractivity contribution in [1.82, 2.24) is 0 Å². The average Bonchev–Trinajstić information content (AvgIpc) is 2.49. The molecule has 104 valence electrons. The normalized spacial score (nSPS) is 9.67. The zero-order chi connectivity index (χ0) is 15.4. The van der Waals surface area contributed by atoms with E-state index in [1.165, 1.54) is 24.3 Å². The number of nitrogens with zero attached hydrogens (tertiary/aromatic N) is 2. The van der Waals surface area contributed by atoms with E-state index in [4.69, 9.17) is 5.26 Å². The molecule has 0 atom stereocenters. The molecule has 0 spiro atoms. The monoisotopic (exact) mass is 283 g/mol. The number of carbonyl (C=O) groups excluding carboxylic acids is 1. The van der Waals surface area contributed by atoms with Crippen molar-refractivity contribution in [3.8, 4) is 11.8 Å². The second-order valence-electron chi connectivity index (χ2n) is 4.10. The highest BCUT2D eigenvalue weighted by molar-refractivity contribution is 6.05. The lowest BCUT2D eigenvalue weighted by molar-refractivity contribution is -0.384. The smallest absolute Gasteiger partial charge is 0.271 e. The quantitative estimate of drug-likeness (QED) is 0.509. The fraction of sp³-hybridized carbons (Fsp3) is 0. The van der Waals surface area contributed by atoms with Gasteiger partial charge in [-0.25, -0.2) is 0 Å². The molecule has 7 heteroatoms. The van der Waals surface area contributed by atoms with E-state index in [-0.39, 0.29) is 22.7 Å². The maximum atomic E-state index is 12.0. The van der Waals surface area contributed by atoms with Gasteiger partial charge in [0, 0.05) is 17.7 Å². The number of amides is 1. The molecule has 2 aromatic rings. The molecule has 0 saturated carbocycles. The van der Waals surface area contributed by atoms with Gasteiger partial charge in [0.1, 0.15) is 5.75 Å². The average molecular weight is 283 g/mol. The van der Waals surface area contributed by atoms with Crippen LogP contribution in [-0.2, 0) is 0 Å². The van der Waals surface area contributed by atoms with E-state index in [1.807, 2.05) is 6.07 Å². The lowest BCUT2D eigenvalue weighted by atomic mass is 10.1. The Bertz CT molecular complexity index is 748. The number of nitro groups is 1. The molecule has 0 bridgehead atoms. The zero-order valence-corrected chi connectivity index (χ0v) is 10.6. The summed E-state index contributed by atoms with van der Waals surface area (Å²) in [5.41, 5.74) is 0.367. The first-order chi connectivity index (χ1) is 10.0. The van der Waals surface area contributed by atoms with Crippen LogP contribution in [0.4, 0.5) is 11.4 Å². The molecule has 7 nitrogen and oxygen atoms in total. The standard InChI is InChI=1S/C14H9N3O4/c15-8-9-1-3-10(4-2-9)14(19)16-12-7-11(17(20)21)5-6-13(12)18/h1-7,18H,(H,16,19). The number of benzene rings is 2. The van der Waals surface area contributed by atoms with Crippen molar-refractivity contribution < 1.29 is 14.8 Å². The number of phenols is 1. The highest BCUT2D eigenvalue weighted by Crippen LogP contribution is 2.28. The Hall–Kier alpha value is -3.40. The van der Waals surface area contributed by atoms with Crippen LogP contribution in [0.25, 0.3) is 0 Å². The molecule has 0 heterocycles. The molecule has 2 N–H and O–H groups in total. The van der Waals surface area contributed by atoms with Crippen molar-refractivity contribution in [2.24, 2.45) is 0 Å². The fourth-order valence-corrected chi connectivity index (χ4v) is 1.63. The number of nitro benzene ring substituents is 1. The van der Waals surface area contributed by atoms with E-state index in [0.29, 0.717) is 5.56 Å². The van der Waals surface area contributed by atoms with Gasteiger partial charge in [0.2, 0.25) is 0 Å². The molecule has 0 unspecified atom stereocenters. The Morgan fingerprint density at radius 3 is 2.48 bits per heavy atom. The van der Waals surface area contributed by atoms with Gasteiger partial charge >= 0.3 is 0 Å². The number of aromatic hydroxyl groups is 1. The van der Waals surface area contributed by atoms with E-state index in [2.05, 4.69) is 5.32 Å². The first-order valence-corrected chi connectivity index (χ1v) is 5.80. The van der Waals surface area contributed by atoms with Gasteiger partial charge in [0.25, 0.3) is 11.6 Å². The lowest BCUT2D eigenvalue weighted by Gasteiger charge is -2.07. The molecule has 0 aliphatic heterocycles. The van der Waals surface area contributed by atoms with Gasteiger partial charge in [-0.15, -0.1) is 0 Å². The summed E-state index contributed by atoms with van der Waals surface area (Å²) < 4.78 is 0. The Balaban J connectivity index is 2.24. The third-order valence-corrected chi connectivity index (χ3v) is 2.72. The minimum atomic E-state index is -0.628. The second kappa shape index (κ2) is 5.71. The van der Waals surface area contributed by atoms with Crippen LogP contribution in [-0.4, -0.2) is 15.9 Å². The number of carbonyl (C=O) groups is 1. The summed E-state index contributed by atoms with van der Waals surface area (Å²) in [7, 11) is 0. The third-order valence-electron chi connectivity index (χ3n) is 2.72. The molecule has 0 aromatic heterocycles. The highest BCUT2D eigenvalue weighted by Gasteiger charge is 2.13. The topological polar surface area (TPSA) is 116 Å². The lowest BCUT2D eigenvalue weighted by Crippen LogP contribution is -2.12. The number of non-ortho nitro benzene ring substituents is 1. The van der Waals surface area contributed by atoms with Crippen LogP contribution >= 0.6 is 0 Å². The van der Waals surface area contributed by atoms with Gasteiger partial charge in [0.15, 0.2) is 0 Å². The van der Waals surface area contributed by atoms with Crippen LogP contribution in [0.2, 0.25) is 0 Å². The molecule has 2 aromatic carbocycles. The van der Waals surface area contributed by atoms with E-state index in [1.54, 1.807) is 0 Å². The van der Waals surface area contributed by atoms with Gasteiger partial charge in [-0.3, -0.25) is 14.9 Å². The van der Waals surface area contributed by atoms with Crippen molar-refractivity contribution in [1.29, 1.82) is 5.26 Å². The van der Waals surface area contributed by atoms with Crippen LogP contribution in [0.1, 0.15) is 15.9 Å². The fourth-order valence-electron chi connectivity index (χ4n) is 1.63. The van der Waals surface area contributed by atoms with Crippen molar-refractivity contribution in [3.63, 3.8) is 0 Å². The van der Waals surface area contributed by atoms with Gasteiger partial charge in [-0.1, -0.05) is 0 Å². The van der Waals surface area contributed by atoms with Crippen molar-refractivity contribution in [2.45, 2.75) is 0 Å². The summed E-state index contributed by atoms with van der Waals surface area (Å²) in [4.78, 5) is 22.0. The van der Waals surface area contributed by atoms with Gasteiger partial charge in [-0.05, 0) is 30.3 Å². The van der Waals surface area contributed by atoms with Crippen molar-refractivity contribution >= 4 is 17.3 Å². The Morgan fingerprint density at radius 1 is 1.24 bits per heavy atom. The van der Waals surface area contributed by atoms with Gasteiger partial charge in [-0.2, -0.15) is 5.26 Å². The molecule has 0 fully saturated rings. The summed E-state index contributed by atoms with van der Waals surface area (Å²) in [5.74, 6) is -0.821. The van der Waals surface area contributed by atoms with E-state index in [9.17, 15) is 20.0 Å². The minimum Gasteiger partial charge on any atom is -0.506 e. The van der Waals surface area contributed by atoms with Crippen LogP contribution in [0.5, 0.6) is 5.75 Å². The molecule has 0 saturated heterocycles. The first-order valence-electron chi connectivity index (χ1n) is 5.80. The van der Waals surface area contributed by atoms with Crippen LogP contribution < -0.4 is 5.32 Å². The Labute approximate surface area is 119 Å². The predicted molar refractivity (Wildman–Crippen MR) is 73.9 cm³/mol. The maximum Gasteiger partial charge on any atom is 0.271 e. The van der Waals surface area contributed by atoms with Gasteiger partial charge in [0.05, 0.1) is 22.2 Å². The number of anilines is 1. The Kier molecular flexibility index (Phi) is 3.81. The predicted octanol–water partition coefficient (Wildman–Crippen LogP) is 2.42. The van der Waals surface area contributed by atoms with Crippen LogP contribution in [0, 0.1) is 21.4 Å². The van der Waals surface area contributed by atoms with Gasteiger partial charge < -0.3 is 10.4 Å². The van der Waals surface area contributed by atoms with Crippen LogP contribution in [0.3, 0.4) is 0 Å². The number of hydrogen-bond acceptors (Lipinski definition) is 5. The summed E-state index contributed by atoms with van der Waals surface area (Å²) in [6.45, 7) is 0. The SMILES string of the molecule is N#Cc1ccc(C(=O)Nc2cc([N+](=O)[O-])ccc2O)cc1. The number of nitriles is 1. The summed E-state index contributed by atoms with van der Waals surface area (Å²) in [6, 6.07) is 11.1. The molecular formula is C14H9N3O4. The second-order valence-corrected chi connectivity index (χ2v) is 4.10. The van der Waals surface area contributed by atoms with Crippen molar-refractivity contribution in [2.75, 3.05) is 5.32 Å². The summed E-state index contributed by atoms with van der Waals surface area (Å²) in [6.07, 6.45) is 0. The number of nitrogens with one attached hydrogen (secondary N) is 1. The van der Waals surface area contributed by atoms with E-state index < -0.39 is 10.8 Å². The molecule has 0 radical (unpaired) electrons. The Morgan fingerprint density at radius 2 is 1.90 bits per heavy atom. The number of rotatable bonds is 3. The third kappa shape index (κ3) is 3.13. The van der Waals surface area contributed by atoms with Crippen LogP contribution in [0.15, 0.2) is 42.5 Å². The van der Waals surface area contributed by atoms with Crippen molar-refractivity contribution in [3.05, 3.63) is 63.7 Å². The molecule has 0 aliphatic carbocycles. The minimum absolute atomic E-state index is 0.0569. The largest absolute Gasteiger partial charge is 0.506 e. The molecule has 21 heavy (non-hydrogen) atoms. The highest BCUT2D eigenvalue weighted by atomic mass is 16.6. The molecule has 1 amide bonds. The first kappa shape index (κ1) is 14.0. The molecular weight excluding hydrogens is 274 g/mol. The molecule has 2 rings (SSSR count). The number of phenolic OH excluding ortho intramolecular Hbond substituents is 1. The zero-order valence-electron chi connectivity index (χ0n) is 10.6. The van der Waals surface area contributed by atoms with E-state index >= 15 is 0 Å². The summed E-state index contributed by atoms with van der Waals surface area (Å²) >= 11 is 0. The van der Waals surface area contributed by atoms with E-state index in [0.717, 1.165) is 18.2 Å². The number of hydrogen-bond donors (Lipinski definition) is 2.